The first-order valence-electron chi connectivity index (χ1n) is 5.90. The highest BCUT2D eigenvalue weighted by atomic mass is 19.4. The molecule has 3 unspecified atom stereocenters. The summed E-state index contributed by atoms with van der Waals surface area (Å²) in [6.45, 7) is 1.63. The van der Waals surface area contributed by atoms with Crippen LogP contribution in [0.15, 0.2) is 0 Å². The van der Waals surface area contributed by atoms with Crippen LogP contribution in [0, 0.1) is 5.92 Å². The van der Waals surface area contributed by atoms with Gasteiger partial charge in [-0.2, -0.15) is 13.2 Å². The van der Waals surface area contributed by atoms with Crippen LogP contribution in [0.25, 0.3) is 0 Å². The number of rotatable bonds is 3. The Labute approximate surface area is 99.1 Å². The van der Waals surface area contributed by atoms with Gasteiger partial charge in [-0.05, 0) is 26.8 Å². The lowest BCUT2D eigenvalue weighted by atomic mass is 9.84. The molecule has 0 aliphatic heterocycles. The van der Waals surface area contributed by atoms with Crippen molar-refractivity contribution < 1.29 is 18.0 Å². The maximum atomic E-state index is 12.8. The van der Waals surface area contributed by atoms with E-state index in [1.54, 1.807) is 14.0 Å². The van der Waals surface area contributed by atoms with Crippen molar-refractivity contribution in [1.82, 2.24) is 10.6 Å². The van der Waals surface area contributed by atoms with E-state index in [2.05, 4.69) is 10.6 Å². The molecule has 1 fully saturated rings. The van der Waals surface area contributed by atoms with Gasteiger partial charge in [0.2, 0.25) is 5.91 Å². The molecule has 1 saturated carbocycles. The van der Waals surface area contributed by atoms with Gasteiger partial charge in [0.1, 0.15) is 0 Å². The van der Waals surface area contributed by atoms with Crippen LogP contribution in [0.3, 0.4) is 0 Å². The summed E-state index contributed by atoms with van der Waals surface area (Å²) in [5.41, 5.74) is 0. The Morgan fingerprint density at radius 1 is 1.29 bits per heavy atom. The van der Waals surface area contributed by atoms with Crippen molar-refractivity contribution in [1.29, 1.82) is 0 Å². The second-order valence-electron chi connectivity index (χ2n) is 4.56. The smallest absolute Gasteiger partial charge is 0.351 e. The van der Waals surface area contributed by atoms with Crippen molar-refractivity contribution in [2.24, 2.45) is 5.92 Å². The summed E-state index contributed by atoms with van der Waals surface area (Å²) >= 11 is 0. The van der Waals surface area contributed by atoms with Crippen molar-refractivity contribution >= 4 is 5.91 Å². The Kier molecular flexibility index (Phi) is 4.80. The lowest BCUT2D eigenvalue weighted by Gasteiger charge is -2.34. The zero-order valence-electron chi connectivity index (χ0n) is 10.1. The van der Waals surface area contributed by atoms with Crippen molar-refractivity contribution in [2.75, 3.05) is 7.05 Å². The fourth-order valence-electron chi connectivity index (χ4n) is 2.13. The van der Waals surface area contributed by atoms with Crippen LogP contribution < -0.4 is 10.6 Å². The van der Waals surface area contributed by atoms with E-state index in [0.29, 0.717) is 12.8 Å². The molecule has 0 spiro atoms. The van der Waals surface area contributed by atoms with Crippen molar-refractivity contribution in [3.05, 3.63) is 0 Å². The molecule has 2 N–H and O–H groups in total. The number of carbonyl (C=O) groups excluding carboxylic acids is 1. The van der Waals surface area contributed by atoms with Gasteiger partial charge in [-0.15, -0.1) is 0 Å². The summed E-state index contributed by atoms with van der Waals surface area (Å²) in [7, 11) is 1.60. The summed E-state index contributed by atoms with van der Waals surface area (Å²) in [5.74, 6) is -1.77. The molecule has 6 heteroatoms. The number of hydrogen-bond acceptors (Lipinski definition) is 2. The van der Waals surface area contributed by atoms with Crippen LogP contribution in [0.1, 0.15) is 32.6 Å². The molecule has 0 saturated heterocycles. The van der Waals surface area contributed by atoms with Crippen LogP contribution in [-0.2, 0) is 4.79 Å². The minimum Gasteiger partial charge on any atom is -0.351 e. The number of halogens is 3. The van der Waals surface area contributed by atoms with Gasteiger partial charge >= 0.3 is 6.18 Å². The molecular weight excluding hydrogens is 233 g/mol. The summed E-state index contributed by atoms with van der Waals surface area (Å²) in [6.07, 6.45) is -2.38. The van der Waals surface area contributed by atoms with Gasteiger partial charge in [0.05, 0.1) is 12.0 Å². The summed E-state index contributed by atoms with van der Waals surface area (Å²) in [6, 6.07) is -1.24. The van der Waals surface area contributed by atoms with Crippen LogP contribution in [0.5, 0.6) is 0 Å². The highest BCUT2D eigenvalue weighted by Crippen LogP contribution is 2.37. The molecule has 0 radical (unpaired) electrons. The summed E-state index contributed by atoms with van der Waals surface area (Å²) in [4.78, 5) is 11.6. The van der Waals surface area contributed by atoms with Gasteiger partial charge in [-0.3, -0.25) is 4.79 Å². The normalized spacial score (nSPS) is 27.6. The lowest BCUT2D eigenvalue weighted by Crippen LogP contribution is -2.51. The number of carbonyl (C=O) groups is 1. The minimum absolute atomic E-state index is 0.113. The first kappa shape index (κ1) is 14.3. The van der Waals surface area contributed by atoms with Gasteiger partial charge < -0.3 is 10.6 Å². The molecule has 1 rings (SSSR count). The van der Waals surface area contributed by atoms with E-state index in [9.17, 15) is 18.0 Å². The third kappa shape index (κ3) is 3.87. The number of amides is 1. The highest BCUT2D eigenvalue weighted by Gasteiger charge is 2.46. The Morgan fingerprint density at radius 2 is 1.88 bits per heavy atom. The van der Waals surface area contributed by atoms with Gasteiger partial charge in [-0.1, -0.05) is 12.8 Å². The fourth-order valence-corrected chi connectivity index (χ4v) is 2.13. The van der Waals surface area contributed by atoms with Crippen molar-refractivity contribution in [3.8, 4) is 0 Å². The topological polar surface area (TPSA) is 41.1 Å². The van der Waals surface area contributed by atoms with E-state index in [1.807, 2.05) is 0 Å². The molecule has 0 bridgehead atoms. The molecule has 1 aliphatic carbocycles. The number of nitrogens with one attached hydrogen (secondary N) is 2. The van der Waals surface area contributed by atoms with E-state index < -0.39 is 24.2 Å². The van der Waals surface area contributed by atoms with E-state index >= 15 is 0 Å². The SMILES string of the molecule is CNC(C)C(=O)NC1CCCCC1C(F)(F)F. The molecule has 3 atom stereocenters. The molecule has 100 valence electrons. The molecule has 0 aromatic rings. The lowest BCUT2D eigenvalue weighted by molar-refractivity contribution is -0.189. The molecule has 1 aliphatic rings. The average molecular weight is 252 g/mol. The first-order valence-corrected chi connectivity index (χ1v) is 5.90. The van der Waals surface area contributed by atoms with Gasteiger partial charge in [0, 0.05) is 6.04 Å². The maximum Gasteiger partial charge on any atom is 0.393 e. The van der Waals surface area contributed by atoms with Gasteiger partial charge in [0.15, 0.2) is 0 Å². The summed E-state index contributed by atoms with van der Waals surface area (Å²) in [5, 5.41) is 5.22. The second kappa shape index (κ2) is 5.71. The largest absolute Gasteiger partial charge is 0.393 e. The fraction of sp³-hybridized carbons (Fsp3) is 0.909. The predicted molar refractivity (Wildman–Crippen MR) is 58.5 cm³/mol. The predicted octanol–water partition coefficient (Wildman–Crippen LogP) is 1.83. The molecule has 17 heavy (non-hydrogen) atoms. The van der Waals surface area contributed by atoms with Gasteiger partial charge in [0.25, 0.3) is 0 Å². The molecular formula is C11H19F3N2O. The third-order valence-corrected chi connectivity index (χ3v) is 3.34. The average Bonchev–Trinajstić information content (AvgIpc) is 2.27. The van der Waals surface area contributed by atoms with Crippen LogP contribution >= 0.6 is 0 Å². The minimum atomic E-state index is -4.22. The maximum absolute atomic E-state index is 12.8. The Balaban J connectivity index is 2.63. The Morgan fingerprint density at radius 3 is 2.41 bits per heavy atom. The zero-order chi connectivity index (χ0) is 13.1. The Bertz CT molecular complexity index is 268. The number of likely N-dealkylation sites (N-methyl/N-ethyl adjacent to an activating group) is 1. The second-order valence-corrected chi connectivity index (χ2v) is 4.56. The monoisotopic (exact) mass is 252 g/mol. The first-order chi connectivity index (χ1) is 7.86. The van der Waals surface area contributed by atoms with E-state index in [-0.39, 0.29) is 12.3 Å². The Hall–Kier alpha value is -0.780. The number of hydrogen-bond donors (Lipinski definition) is 2. The molecule has 3 nitrogen and oxygen atoms in total. The highest BCUT2D eigenvalue weighted by molar-refractivity contribution is 5.81. The quantitative estimate of drug-likeness (QED) is 0.804. The summed E-state index contributed by atoms with van der Waals surface area (Å²) < 4.78 is 38.3. The van der Waals surface area contributed by atoms with Crippen LogP contribution in [-0.4, -0.2) is 31.2 Å². The van der Waals surface area contributed by atoms with E-state index in [1.165, 1.54) is 0 Å². The van der Waals surface area contributed by atoms with Gasteiger partial charge in [-0.25, -0.2) is 0 Å². The van der Waals surface area contributed by atoms with Crippen LogP contribution in [0.2, 0.25) is 0 Å². The number of alkyl halides is 3. The third-order valence-electron chi connectivity index (χ3n) is 3.34. The molecule has 0 aromatic carbocycles. The molecule has 0 aromatic heterocycles. The molecule has 0 heterocycles. The standard InChI is InChI=1S/C11H19F3N2O/c1-7(15-2)10(17)16-9-6-4-3-5-8(9)11(12,13)14/h7-9,15H,3-6H2,1-2H3,(H,16,17). The van der Waals surface area contributed by atoms with E-state index in [0.717, 1.165) is 6.42 Å². The molecule has 1 amide bonds. The zero-order valence-corrected chi connectivity index (χ0v) is 10.1. The van der Waals surface area contributed by atoms with Crippen molar-refractivity contribution in [3.63, 3.8) is 0 Å². The van der Waals surface area contributed by atoms with Crippen LogP contribution in [0.4, 0.5) is 13.2 Å². The van der Waals surface area contributed by atoms with E-state index in [4.69, 9.17) is 0 Å². The van der Waals surface area contributed by atoms with Crippen molar-refractivity contribution in [2.45, 2.75) is 50.9 Å².